The first-order valence-electron chi connectivity index (χ1n) is 6.87. The molecule has 0 atom stereocenters. The highest BCUT2D eigenvalue weighted by atomic mass is 16.4. The SMILES string of the molecule is O=C(O)c1cn(-c2ccccc2)nc1/C(=N\O)c1ccccc1. The quantitative estimate of drug-likeness (QED) is 0.441. The fraction of sp³-hybridized carbons (Fsp3) is 0. The number of oxime groups is 1. The van der Waals surface area contributed by atoms with Crippen LogP contribution in [0, 0.1) is 0 Å². The molecular weight excluding hydrogens is 294 g/mol. The summed E-state index contributed by atoms with van der Waals surface area (Å²) in [5.74, 6) is -1.14. The molecule has 114 valence electrons. The van der Waals surface area contributed by atoms with Crippen LogP contribution in [0.4, 0.5) is 0 Å². The van der Waals surface area contributed by atoms with Crippen LogP contribution in [-0.2, 0) is 0 Å². The Balaban J connectivity index is 2.15. The molecule has 0 amide bonds. The molecule has 0 bridgehead atoms. The van der Waals surface area contributed by atoms with Crippen molar-refractivity contribution in [2.75, 3.05) is 0 Å². The van der Waals surface area contributed by atoms with Gasteiger partial charge in [0.1, 0.15) is 17.0 Å². The molecule has 0 aliphatic rings. The highest BCUT2D eigenvalue weighted by Gasteiger charge is 2.22. The minimum Gasteiger partial charge on any atom is -0.478 e. The Hall–Kier alpha value is -3.41. The normalized spacial score (nSPS) is 11.4. The summed E-state index contributed by atoms with van der Waals surface area (Å²) in [6.45, 7) is 0. The molecule has 6 nitrogen and oxygen atoms in total. The Morgan fingerprint density at radius 2 is 1.61 bits per heavy atom. The van der Waals surface area contributed by atoms with Gasteiger partial charge < -0.3 is 10.3 Å². The summed E-state index contributed by atoms with van der Waals surface area (Å²) in [6, 6.07) is 17.9. The van der Waals surface area contributed by atoms with E-state index in [0.29, 0.717) is 11.3 Å². The van der Waals surface area contributed by atoms with E-state index in [1.165, 1.54) is 10.9 Å². The maximum atomic E-state index is 11.5. The Labute approximate surface area is 131 Å². The van der Waals surface area contributed by atoms with Gasteiger partial charge in [0.2, 0.25) is 0 Å². The van der Waals surface area contributed by atoms with Crippen molar-refractivity contribution in [2.24, 2.45) is 5.16 Å². The molecule has 2 aromatic carbocycles. The third-order valence-corrected chi connectivity index (χ3v) is 3.34. The van der Waals surface area contributed by atoms with Crippen LogP contribution in [0.25, 0.3) is 5.69 Å². The van der Waals surface area contributed by atoms with Gasteiger partial charge in [-0.2, -0.15) is 5.10 Å². The molecule has 2 N–H and O–H groups in total. The van der Waals surface area contributed by atoms with Crippen LogP contribution in [0.2, 0.25) is 0 Å². The van der Waals surface area contributed by atoms with E-state index in [2.05, 4.69) is 10.3 Å². The number of carbonyl (C=O) groups is 1. The summed E-state index contributed by atoms with van der Waals surface area (Å²) < 4.78 is 1.45. The molecule has 0 saturated heterocycles. The summed E-state index contributed by atoms with van der Waals surface area (Å²) in [5, 5.41) is 26.3. The van der Waals surface area contributed by atoms with E-state index < -0.39 is 5.97 Å². The predicted molar refractivity (Wildman–Crippen MR) is 84.4 cm³/mol. The van der Waals surface area contributed by atoms with E-state index in [9.17, 15) is 15.1 Å². The second kappa shape index (κ2) is 6.15. The zero-order valence-corrected chi connectivity index (χ0v) is 12.0. The number of hydrogen-bond donors (Lipinski definition) is 2. The Bertz CT molecular complexity index is 855. The second-order valence-electron chi connectivity index (χ2n) is 4.79. The molecule has 0 aliphatic heterocycles. The number of benzene rings is 2. The summed E-state index contributed by atoms with van der Waals surface area (Å²) in [5.41, 5.74) is 1.47. The van der Waals surface area contributed by atoms with Gasteiger partial charge in [0.25, 0.3) is 0 Å². The zero-order valence-electron chi connectivity index (χ0n) is 12.0. The van der Waals surface area contributed by atoms with Gasteiger partial charge in [-0.3, -0.25) is 0 Å². The molecule has 3 rings (SSSR count). The van der Waals surface area contributed by atoms with Gasteiger partial charge >= 0.3 is 5.97 Å². The van der Waals surface area contributed by atoms with Gasteiger partial charge in [-0.1, -0.05) is 53.7 Å². The monoisotopic (exact) mass is 307 g/mol. The average Bonchev–Trinajstić information content (AvgIpc) is 3.03. The van der Waals surface area contributed by atoms with E-state index >= 15 is 0 Å². The van der Waals surface area contributed by atoms with Crippen LogP contribution in [-0.4, -0.2) is 31.8 Å². The average molecular weight is 307 g/mol. The fourth-order valence-corrected chi connectivity index (χ4v) is 2.26. The van der Waals surface area contributed by atoms with Crippen LogP contribution in [0.15, 0.2) is 72.0 Å². The minimum atomic E-state index is -1.14. The van der Waals surface area contributed by atoms with E-state index in [1.807, 2.05) is 24.3 Å². The van der Waals surface area contributed by atoms with Crippen molar-refractivity contribution in [2.45, 2.75) is 0 Å². The highest BCUT2D eigenvalue weighted by Crippen LogP contribution is 2.17. The Morgan fingerprint density at radius 3 is 2.17 bits per heavy atom. The molecule has 1 aromatic heterocycles. The molecule has 0 radical (unpaired) electrons. The molecule has 1 heterocycles. The third-order valence-electron chi connectivity index (χ3n) is 3.34. The number of rotatable bonds is 4. The lowest BCUT2D eigenvalue weighted by atomic mass is 10.0. The third kappa shape index (κ3) is 2.82. The maximum Gasteiger partial charge on any atom is 0.339 e. The first kappa shape index (κ1) is 14.5. The molecule has 0 spiro atoms. The lowest BCUT2D eigenvalue weighted by Crippen LogP contribution is -2.10. The van der Waals surface area contributed by atoms with Crippen molar-refractivity contribution in [3.8, 4) is 5.69 Å². The zero-order chi connectivity index (χ0) is 16.2. The van der Waals surface area contributed by atoms with Crippen LogP contribution in [0.5, 0.6) is 0 Å². The van der Waals surface area contributed by atoms with Gasteiger partial charge in [-0.25, -0.2) is 9.48 Å². The number of aromatic nitrogens is 2. The lowest BCUT2D eigenvalue weighted by Gasteiger charge is -2.03. The van der Waals surface area contributed by atoms with Crippen molar-refractivity contribution >= 4 is 11.7 Å². The molecule has 0 fully saturated rings. The Morgan fingerprint density at radius 1 is 1.00 bits per heavy atom. The topological polar surface area (TPSA) is 87.7 Å². The molecular formula is C17H13N3O3. The van der Waals surface area contributed by atoms with Gasteiger partial charge in [0.05, 0.1) is 5.69 Å². The smallest absolute Gasteiger partial charge is 0.339 e. The van der Waals surface area contributed by atoms with Gasteiger partial charge in [-0.05, 0) is 12.1 Å². The van der Waals surface area contributed by atoms with E-state index in [4.69, 9.17) is 0 Å². The van der Waals surface area contributed by atoms with Crippen LogP contribution >= 0.6 is 0 Å². The Kier molecular flexibility index (Phi) is 3.88. The summed E-state index contributed by atoms with van der Waals surface area (Å²) >= 11 is 0. The van der Waals surface area contributed by atoms with E-state index in [-0.39, 0.29) is 17.0 Å². The number of carboxylic acids is 1. The number of carboxylic acid groups (broad SMARTS) is 1. The summed E-state index contributed by atoms with van der Waals surface area (Å²) in [4.78, 5) is 11.5. The predicted octanol–water partition coefficient (Wildman–Crippen LogP) is 2.80. The van der Waals surface area contributed by atoms with E-state index in [0.717, 1.165) is 0 Å². The minimum absolute atomic E-state index is 0.0366. The van der Waals surface area contributed by atoms with Crippen LogP contribution in [0.3, 0.4) is 0 Å². The van der Waals surface area contributed by atoms with Crippen molar-refractivity contribution in [1.29, 1.82) is 0 Å². The second-order valence-corrected chi connectivity index (χ2v) is 4.79. The van der Waals surface area contributed by atoms with Crippen molar-refractivity contribution in [1.82, 2.24) is 9.78 Å². The molecule has 23 heavy (non-hydrogen) atoms. The van der Waals surface area contributed by atoms with Gasteiger partial charge in [-0.15, -0.1) is 0 Å². The highest BCUT2D eigenvalue weighted by molar-refractivity contribution is 6.15. The number of aromatic carboxylic acids is 1. The molecule has 6 heteroatoms. The van der Waals surface area contributed by atoms with Gasteiger partial charge in [0.15, 0.2) is 0 Å². The molecule has 0 aliphatic carbocycles. The standard InChI is InChI=1S/C17H13N3O3/c21-17(22)14-11-20(13-9-5-2-6-10-13)18-16(14)15(19-23)12-7-3-1-4-8-12/h1-11,23H,(H,21,22)/b19-15-. The largest absolute Gasteiger partial charge is 0.478 e. The fourth-order valence-electron chi connectivity index (χ4n) is 2.26. The van der Waals surface area contributed by atoms with Crippen LogP contribution in [0.1, 0.15) is 21.6 Å². The van der Waals surface area contributed by atoms with Crippen LogP contribution < -0.4 is 0 Å². The van der Waals surface area contributed by atoms with Crippen molar-refractivity contribution < 1.29 is 15.1 Å². The first-order valence-corrected chi connectivity index (χ1v) is 6.87. The summed E-state index contributed by atoms with van der Waals surface area (Å²) in [6.07, 6.45) is 1.40. The molecule has 0 unspecified atom stereocenters. The number of nitrogens with zero attached hydrogens (tertiary/aromatic N) is 3. The number of hydrogen-bond acceptors (Lipinski definition) is 4. The first-order chi connectivity index (χ1) is 11.2. The van der Waals surface area contributed by atoms with Crippen molar-refractivity contribution in [3.05, 3.63) is 83.7 Å². The van der Waals surface area contributed by atoms with E-state index in [1.54, 1.807) is 36.4 Å². The summed E-state index contributed by atoms with van der Waals surface area (Å²) in [7, 11) is 0. The van der Waals surface area contributed by atoms with Crippen molar-refractivity contribution in [3.63, 3.8) is 0 Å². The molecule has 3 aromatic rings. The number of para-hydroxylation sites is 1. The molecule has 0 saturated carbocycles. The maximum absolute atomic E-state index is 11.5. The lowest BCUT2D eigenvalue weighted by molar-refractivity contribution is 0.0696. The van der Waals surface area contributed by atoms with Gasteiger partial charge in [0, 0.05) is 11.8 Å².